The molecule has 1 saturated heterocycles. The molecule has 1 aliphatic rings. The van der Waals surface area contributed by atoms with Crippen molar-refractivity contribution in [1.82, 2.24) is 15.5 Å². The molecule has 0 spiro atoms. The first-order valence-electron chi connectivity index (χ1n) is 8.09. The zero-order valence-corrected chi connectivity index (χ0v) is 15.7. The van der Waals surface area contributed by atoms with E-state index in [9.17, 15) is 14.4 Å². The standard InChI is InChI=1S/C17H21Cl2N3O3/c1-10(2)7-14(17(25)22-6-5-20-15(23)9-22)21-16(24)12-4-3-11(18)8-13(12)19/h3-4,8,10,14H,5-7,9H2,1-2H3,(H,20,23)(H,21,24)/t14-/m0/s1. The van der Waals surface area contributed by atoms with Gasteiger partial charge in [-0.05, 0) is 30.5 Å². The summed E-state index contributed by atoms with van der Waals surface area (Å²) in [4.78, 5) is 38.3. The highest BCUT2D eigenvalue weighted by molar-refractivity contribution is 6.36. The average Bonchev–Trinajstić information content (AvgIpc) is 2.53. The zero-order chi connectivity index (χ0) is 18.6. The zero-order valence-electron chi connectivity index (χ0n) is 14.1. The molecule has 25 heavy (non-hydrogen) atoms. The second-order valence-corrected chi connectivity index (χ2v) is 7.23. The Bertz CT molecular complexity index is 679. The Balaban J connectivity index is 2.15. The van der Waals surface area contributed by atoms with Crippen molar-refractivity contribution in [2.75, 3.05) is 19.6 Å². The molecular weight excluding hydrogens is 365 g/mol. The van der Waals surface area contributed by atoms with Gasteiger partial charge in [0.1, 0.15) is 6.04 Å². The van der Waals surface area contributed by atoms with Gasteiger partial charge in [-0.2, -0.15) is 0 Å². The lowest BCUT2D eigenvalue weighted by Gasteiger charge is -2.31. The van der Waals surface area contributed by atoms with Crippen molar-refractivity contribution in [1.29, 1.82) is 0 Å². The highest BCUT2D eigenvalue weighted by Gasteiger charge is 2.30. The topological polar surface area (TPSA) is 78.5 Å². The first kappa shape index (κ1) is 19.5. The Morgan fingerprint density at radius 3 is 2.64 bits per heavy atom. The number of benzene rings is 1. The molecule has 2 rings (SSSR count). The largest absolute Gasteiger partial charge is 0.353 e. The maximum atomic E-state index is 12.8. The summed E-state index contributed by atoms with van der Waals surface area (Å²) in [7, 11) is 0. The predicted octanol–water partition coefficient (Wildman–Crippen LogP) is 2.10. The number of halogens is 2. The summed E-state index contributed by atoms with van der Waals surface area (Å²) in [5, 5.41) is 6.07. The summed E-state index contributed by atoms with van der Waals surface area (Å²) in [5.41, 5.74) is 0.254. The summed E-state index contributed by atoms with van der Waals surface area (Å²) >= 11 is 11.9. The van der Waals surface area contributed by atoms with Crippen LogP contribution in [0.2, 0.25) is 10.0 Å². The van der Waals surface area contributed by atoms with Crippen LogP contribution in [0.1, 0.15) is 30.6 Å². The van der Waals surface area contributed by atoms with Crippen molar-refractivity contribution in [2.24, 2.45) is 5.92 Å². The van der Waals surface area contributed by atoms with E-state index in [1.54, 1.807) is 6.07 Å². The van der Waals surface area contributed by atoms with Gasteiger partial charge in [-0.15, -0.1) is 0 Å². The Morgan fingerprint density at radius 2 is 2.04 bits per heavy atom. The number of carbonyl (C=O) groups excluding carboxylic acids is 3. The summed E-state index contributed by atoms with van der Waals surface area (Å²) in [5.74, 6) is -0.715. The lowest BCUT2D eigenvalue weighted by molar-refractivity contribution is -0.139. The number of carbonyl (C=O) groups is 3. The number of hydrogen-bond donors (Lipinski definition) is 2. The van der Waals surface area contributed by atoms with Crippen LogP contribution >= 0.6 is 23.2 Å². The van der Waals surface area contributed by atoms with Crippen LogP contribution in [0.3, 0.4) is 0 Å². The SMILES string of the molecule is CC(C)C[C@H](NC(=O)c1ccc(Cl)cc1Cl)C(=O)N1CCNC(=O)C1. The minimum Gasteiger partial charge on any atom is -0.353 e. The van der Waals surface area contributed by atoms with E-state index >= 15 is 0 Å². The molecule has 1 atom stereocenters. The number of hydrogen-bond acceptors (Lipinski definition) is 3. The van der Waals surface area contributed by atoms with Crippen LogP contribution < -0.4 is 10.6 Å². The molecule has 6 nitrogen and oxygen atoms in total. The molecule has 0 aliphatic carbocycles. The molecule has 0 radical (unpaired) electrons. The smallest absolute Gasteiger partial charge is 0.253 e. The van der Waals surface area contributed by atoms with E-state index in [1.807, 2.05) is 13.8 Å². The third-order valence-corrected chi connectivity index (χ3v) is 4.38. The van der Waals surface area contributed by atoms with E-state index in [2.05, 4.69) is 10.6 Å². The van der Waals surface area contributed by atoms with E-state index in [4.69, 9.17) is 23.2 Å². The second kappa shape index (κ2) is 8.54. The number of rotatable bonds is 5. The maximum absolute atomic E-state index is 12.8. The van der Waals surface area contributed by atoms with E-state index in [1.165, 1.54) is 17.0 Å². The van der Waals surface area contributed by atoms with E-state index in [0.717, 1.165) is 0 Å². The van der Waals surface area contributed by atoms with Crippen LogP contribution in [-0.4, -0.2) is 48.3 Å². The van der Waals surface area contributed by atoms with Crippen molar-refractivity contribution < 1.29 is 14.4 Å². The Labute approximate surface area is 156 Å². The summed E-state index contributed by atoms with van der Waals surface area (Å²) < 4.78 is 0. The molecule has 0 saturated carbocycles. The van der Waals surface area contributed by atoms with Crippen LogP contribution in [-0.2, 0) is 9.59 Å². The molecule has 2 N–H and O–H groups in total. The lowest BCUT2D eigenvalue weighted by atomic mass is 10.0. The van der Waals surface area contributed by atoms with Gasteiger partial charge in [0.25, 0.3) is 5.91 Å². The fraction of sp³-hybridized carbons (Fsp3) is 0.471. The van der Waals surface area contributed by atoms with Crippen LogP contribution in [0.25, 0.3) is 0 Å². The van der Waals surface area contributed by atoms with Gasteiger partial charge in [0, 0.05) is 18.1 Å². The van der Waals surface area contributed by atoms with Crippen molar-refractivity contribution in [3.05, 3.63) is 33.8 Å². The highest BCUT2D eigenvalue weighted by atomic mass is 35.5. The van der Waals surface area contributed by atoms with Crippen LogP contribution in [0.5, 0.6) is 0 Å². The van der Waals surface area contributed by atoms with Crippen molar-refractivity contribution in [3.8, 4) is 0 Å². The van der Waals surface area contributed by atoms with Gasteiger partial charge in [0.15, 0.2) is 0 Å². The molecule has 1 fully saturated rings. The summed E-state index contributed by atoms with van der Waals surface area (Å²) in [6.07, 6.45) is 0.466. The number of amides is 3. The highest BCUT2D eigenvalue weighted by Crippen LogP contribution is 2.21. The molecular formula is C17H21Cl2N3O3. The fourth-order valence-electron chi connectivity index (χ4n) is 2.65. The Morgan fingerprint density at radius 1 is 1.32 bits per heavy atom. The lowest BCUT2D eigenvalue weighted by Crippen LogP contribution is -2.56. The van der Waals surface area contributed by atoms with E-state index < -0.39 is 11.9 Å². The summed E-state index contributed by atoms with van der Waals surface area (Å²) in [6, 6.07) is 3.85. The van der Waals surface area contributed by atoms with Crippen LogP contribution in [0, 0.1) is 5.92 Å². The molecule has 1 aliphatic heterocycles. The normalized spacial score (nSPS) is 15.7. The molecule has 1 aromatic carbocycles. The fourth-order valence-corrected chi connectivity index (χ4v) is 3.14. The minimum atomic E-state index is -0.717. The molecule has 1 heterocycles. The molecule has 1 aromatic rings. The van der Waals surface area contributed by atoms with Gasteiger partial charge < -0.3 is 15.5 Å². The number of piperazine rings is 1. The van der Waals surface area contributed by atoms with Crippen molar-refractivity contribution >= 4 is 40.9 Å². The number of nitrogens with zero attached hydrogens (tertiary/aromatic N) is 1. The average molecular weight is 386 g/mol. The van der Waals surface area contributed by atoms with Crippen LogP contribution in [0.4, 0.5) is 0 Å². The van der Waals surface area contributed by atoms with E-state index in [0.29, 0.717) is 24.5 Å². The molecule has 0 aromatic heterocycles. The third-order valence-electron chi connectivity index (χ3n) is 3.84. The summed E-state index contributed by atoms with van der Waals surface area (Å²) in [6.45, 7) is 4.77. The first-order chi connectivity index (χ1) is 11.8. The van der Waals surface area contributed by atoms with Gasteiger partial charge in [-0.3, -0.25) is 14.4 Å². The van der Waals surface area contributed by atoms with Crippen molar-refractivity contribution in [2.45, 2.75) is 26.3 Å². The molecule has 3 amide bonds. The Hall–Kier alpha value is -1.79. The molecule has 0 bridgehead atoms. The third kappa shape index (κ3) is 5.34. The van der Waals surface area contributed by atoms with Gasteiger partial charge in [-0.1, -0.05) is 37.0 Å². The van der Waals surface area contributed by atoms with Gasteiger partial charge in [0.2, 0.25) is 11.8 Å². The molecule has 8 heteroatoms. The van der Waals surface area contributed by atoms with Crippen LogP contribution in [0.15, 0.2) is 18.2 Å². The quantitative estimate of drug-likeness (QED) is 0.814. The first-order valence-corrected chi connectivity index (χ1v) is 8.85. The predicted molar refractivity (Wildman–Crippen MR) is 96.8 cm³/mol. The number of nitrogens with one attached hydrogen (secondary N) is 2. The van der Waals surface area contributed by atoms with Gasteiger partial charge in [0.05, 0.1) is 17.1 Å². The maximum Gasteiger partial charge on any atom is 0.253 e. The van der Waals surface area contributed by atoms with Crippen molar-refractivity contribution in [3.63, 3.8) is 0 Å². The monoisotopic (exact) mass is 385 g/mol. The molecule has 0 unspecified atom stereocenters. The van der Waals surface area contributed by atoms with Gasteiger partial charge in [-0.25, -0.2) is 0 Å². The molecule has 136 valence electrons. The second-order valence-electron chi connectivity index (χ2n) is 6.39. The Kier molecular flexibility index (Phi) is 6.67. The minimum absolute atomic E-state index is 0.00496. The van der Waals surface area contributed by atoms with E-state index in [-0.39, 0.29) is 34.9 Å². The van der Waals surface area contributed by atoms with Gasteiger partial charge >= 0.3 is 0 Å².